The molecule has 144 valence electrons. The van der Waals surface area contributed by atoms with E-state index in [0.29, 0.717) is 37.4 Å². The zero-order valence-electron chi connectivity index (χ0n) is 14.7. The Hall–Kier alpha value is -2.84. The Morgan fingerprint density at radius 3 is 2.48 bits per heavy atom. The van der Waals surface area contributed by atoms with Gasteiger partial charge in [-0.1, -0.05) is 6.07 Å². The molecule has 0 bridgehead atoms. The topological polar surface area (TPSA) is 67.4 Å². The van der Waals surface area contributed by atoms with Crippen LogP contribution in [0.15, 0.2) is 36.7 Å². The van der Waals surface area contributed by atoms with Gasteiger partial charge in [0.25, 0.3) is 5.91 Å². The van der Waals surface area contributed by atoms with Crippen molar-refractivity contribution in [2.45, 2.75) is 25.1 Å². The van der Waals surface area contributed by atoms with Gasteiger partial charge in [0, 0.05) is 45.4 Å². The molecule has 1 aromatic carbocycles. The lowest BCUT2D eigenvalue weighted by Crippen LogP contribution is -2.41. The van der Waals surface area contributed by atoms with Crippen molar-refractivity contribution in [3.63, 3.8) is 0 Å². The number of aromatic nitrogens is 2. The molecule has 0 spiro atoms. The number of ether oxygens (including phenoxy) is 1. The average Bonchev–Trinajstić information content (AvgIpc) is 2.68. The monoisotopic (exact) mass is 380 g/mol. The van der Waals surface area contributed by atoms with Crippen LogP contribution in [0.2, 0.25) is 0 Å². The summed E-state index contributed by atoms with van der Waals surface area (Å²) in [6.45, 7) is 0.909. The number of benzene rings is 1. The van der Waals surface area contributed by atoms with E-state index in [2.05, 4.69) is 15.3 Å². The number of nitrogens with one attached hydrogen (secondary N) is 1. The molecule has 1 fully saturated rings. The second kappa shape index (κ2) is 7.81. The van der Waals surface area contributed by atoms with E-state index < -0.39 is 11.7 Å². The molecule has 1 amide bonds. The Balaban J connectivity index is 1.56. The molecule has 0 atom stereocenters. The van der Waals surface area contributed by atoms with Gasteiger partial charge in [-0.15, -0.1) is 0 Å². The zero-order chi connectivity index (χ0) is 19.4. The van der Waals surface area contributed by atoms with E-state index >= 15 is 0 Å². The fourth-order valence-corrected chi connectivity index (χ4v) is 2.87. The number of carbonyl (C=O) groups excluding carboxylic acids is 1. The van der Waals surface area contributed by atoms with Gasteiger partial charge in [-0.05, 0) is 18.2 Å². The molecule has 0 aliphatic carbocycles. The molecule has 0 saturated carbocycles. The van der Waals surface area contributed by atoms with Gasteiger partial charge in [0.2, 0.25) is 5.95 Å². The van der Waals surface area contributed by atoms with E-state index in [0.717, 1.165) is 12.1 Å². The van der Waals surface area contributed by atoms with Crippen molar-refractivity contribution >= 4 is 11.9 Å². The maximum Gasteiger partial charge on any atom is 0.416 e. The van der Waals surface area contributed by atoms with Crippen LogP contribution in [0.4, 0.5) is 19.1 Å². The summed E-state index contributed by atoms with van der Waals surface area (Å²) in [6, 6.07) is 4.84. The van der Waals surface area contributed by atoms with Gasteiger partial charge < -0.3 is 15.0 Å². The third-order valence-corrected chi connectivity index (χ3v) is 4.32. The Morgan fingerprint density at radius 2 is 1.89 bits per heavy atom. The van der Waals surface area contributed by atoms with Crippen molar-refractivity contribution in [2.75, 3.05) is 25.5 Å². The number of hydrogen-bond donors (Lipinski definition) is 1. The van der Waals surface area contributed by atoms with Crippen LogP contribution >= 0.6 is 0 Å². The summed E-state index contributed by atoms with van der Waals surface area (Å²) in [6.07, 6.45) is -0.631. The van der Waals surface area contributed by atoms with Crippen LogP contribution in [0, 0.1) is 0 Å². The van der Waals surface area contributed by atoms with Gasteiger partial charge >= 0.3 is 6.18 Å². The molecule has 1 saturated heterocycles. The van der Waals surface area contributed by atoms with Crippen molar-refractivity contribution in [3.05, 3.63) is 47.8 Å². The van der Waals surface area contributed by atoms with E-state index in [1.54, 1.807) is 11.9 Å². The highest BCUT2D eigenvalue weighted by Crippen LogP contribution is 2.32. The molecule has 1 aromatic heterocycles. The summed E-state index contributed by atoms with van der Waals surface area (Å²) in [7, 11) is 1.69. The van der Waals surface area contributed by atoms with E-state index in [4.69, 9.17) is 4.74 Å². The van der Waals surface area contributed by atoms with Gasteiger partial charge in [0.05, 0.1) is 11.1 Å². The summed E-state index contributed by atoms with van der Waals surface area (Å²) in [4.78, 5) is 22.2. The standard InChI is InChI=1S/C18H19F3N4O2/c1-22-17-23-10-12(11-24-17)16(26)25-7-5-14(6-8-25)27-15-4-2-3-13(9-15)18(19,20)21/h2-4,9-11,14H,5-8H2,1H3,(H,22,23,24). The van der Waals surface area contributed by atoms with Gasteiger partial charge in [0.15, 0.2) is 0 Å². The molecule has 1 N–H and O–H groups in total. The van der Waals surface area contributed by atoms with Crippen molar-refractivity contribution in [2.24, 2.45) is 0 Å². The molecular weight excluding hydrogens is 361 g/mol. The van der Waals surface area contributed by atoms with Gasteiger partial charge in [-0.25, -0.2) is 9.97 Å². The highest BCUT2D eigenvalue weighted by Gasteiger charge is 2.31. The number of hydrogen-bond acceptors (Lipinski definition) is 5. The van der Waals surface area contributed by atoms with Crippen molar-refractivity contribution in [1.29, 1.82) is 0 Å². The van der Waals surface area contributed by atoms with Gasteiger partial charge in [0.1, 0.15) is 11.9 Å². The number of carbonyl (C=O) groups is 1. The SMILES string of the molecule is CNc1ncc(C(=O)N2CCC(Oc3cccc(C(F)(F)F)c3)CC2)cn1. The fourth-order valence-electron chi connectivity index (χ4n) is 2.87. The van der Waals surface area contributed by atoms with Crippen molar-refractivity contribution < 1.29 is 22.7 Å². The van der Waals surface area contributed by atoms with E-state index in [1.807, 2.05) is 0 Å². The second-order valence-corrected chi connectivity index (χ2v) is 6.18. The van der Waals surface area contributed by atoms with Crippen molar-refractivity contribution in [1.82, 2.24) is 14.9 Å². The minimum atomic E-state index is -4.40. The number of likely N-dealkylation sites (tertiary alicyclic amines) is 1. The van der Waals surface area contributed by atoms with Crippen LogP contribution in [0.5, 0.6) is 5.75 Å². The third kappa shape index (κ3) is 4.66. The maximum atomic E-state index is 12.8. The predicted octanol–water partition coefficient (Wildman–Crippen LogP) is 3.22. The summed E-state index contributed by atoms with van der Waals surface area (Å²) < 4.78 is 44.0. The highest BCUT2D eigenvalue weighted by atomic mass is 19.4. The number of amides is 1. The predicted molar refractivity (Wildman–Crippen MR) is 92.6 cm³/mol. The molecule has 2 heterocycles. The Bertz CT molecular complexity index is 788. The van der Waals surface area contributed by atoms with Crippen LogP contribution in [0.3, 0.4) is 0 Å². The molecule has 3 rings (SSSR count). The van der Waals surface area contributed by atoms with E-state index in [-0.39, 0.29) is 17.8 Å². The lowest BCUT2D eigenvalue weighted by Gasteiger charge is -2.32. The van der Waals surface area contributed by atoms with Gasteiger partial charge in [-0.3, -0.25) is 4.79 Å². The average molecular weight is 380 g/mol. The summed E-state index contributed by atoms with van der Waals surface area (Å²) >= 11 is 0. The molecule has 0 radical (unpaired) electrons. The number of rotatable bonds is 4. The zero-order valence-corrected chi connectivity index (χ0v) is 14.7. The molecule has 9 heteroatoms. The molecule has 1 aliphatic heterocycles. The Morgan fingerprint density at radius 1 is 1.22 bits per heavy atom. The molecular formula is C18H19F3N4O2. The van der Waals surface area contributed by atoms with E-state index in [9.17, 15) is 18.0 Å². The van der Waals surface area contributed by atoms with Crippen LogP contribution in [0.1, 0.15) is 28.8 Å². The number of piperidine rings is 1. The molecule has 1 aliphatic rings. The van der Waals surface area contributed by atoms with Gasteiger partial charge in [-0.2, -0.15) is 13.2 Å². The smallest absolute Gasteiger partial charge is 0.416 e. The van der Waals surface area contributed by atoms with Crippen LogP contribution < -0.4 is 10.1 Å². The number of alkyl halides is 3. The lowest BCUT2D eigenvalue weighted by molar-refractivity contribution is -0.137. The number of halogens is 3. The molecule has 2 aromatic rings. The summed E-state index contributed by atoms with van der Waals surface area (Å²) in [5, 5.41) is 2.78. The minimum Gasteiger partial charge on any atom is -0.490 e. The maximum absolute atomic E-state index is 12.8. The largest absolute Gasteiger partial charge is 0.490 e. The Labute approximate surface area is 154 Å². The minimum absolute atomic E-state index is 0.171. The quantitative estimate of drug-likeness (QED) is 0.882. The van der Waals surface area contributed by atoms with Crippen molar-refractivity contribution in [3.8, 4) is 5.75 Å². The first-order valence-corrected chi connectivity index (χ1v) is 8.50. The van der Waals surface area contributed by atoms with Crippen LogP contribution in [-0.2, 0) is 6.18 Å². The molecule has 6 nitrogen and oxygen atoms in total. The Kier molecular flexibility index (Phi) is 5.48. The number of nitrogens with zero attached hydrogens (tertiary/aromatic N) is 3. The summed E-state index contributed by atoms with van der Waals surface area (Å²) in [5.41, 5.74) is -0.344. The molecule has 27 heavy (non-hydrogen) atoms. The third-order valence-electron chi connectivity index (χ3n) is 4.32. The second-order valence-electron chi connectivity index (χ2n) is 6.18. The summed E-state index contributed by atoms with van der Waals surface area (Å²) in [5.74, 6) is 0.445. The normalized spacial score (nSPS) is 15.5. The first-order chi connectivity index (χ1) is 12.9. The van der Waals surface area contributed by atoms with Crippen LogP contribution in [-0.4, -0.2) is 47.0 Å². The van der Waals surface area contributed by atoms with Crippen LogP contribution in [0.25, 0.3) is 0 Å². The first-order valence-electron chi connectivity index (χ1n) is 8.50. The highest BCUT2D eigenvalue weighted by molar-refractivity contribution is 5.93. The fraction of sp³-hybridized carbons (Fsp3) is 0.389. The first kappa shape index (κ1) is 18.9. The van der Waals surface area contributed by atoms with E-state index in [1.165, 1.54) is 24.5 Å². The lowest BCUT2D eigenvalue weighted by atomic mass is 10.1. The molecule has 0 unspecified atom stereocenters. The number of anilines is 1.